The molecular weight excluding hydrogens is 336 g/mol. The van der Waals surface area contributed by atoms with E-state index in [-0.39, 0.29) is 6.04 Å². The first-order chi connectivity index (χ1) is 9.63. The summed E-state index contributed by atoms with van der Waals surface area (Å²) in [5.41, 5.74) is 5.15. The zero-order valence-corrected chi connectivity index (χ0v) is 13.6. The van der Waals surface area contributed by atoms with E-state index in [0.717, 1.165) is 10.2 Å². The Morgan fingerprint density at radius 3 is 2.90 bits per heavy atom. The molecule has 104 valence electrons. The minimum Gasteiger partial charge on any atom is -0.376 e. The van der Waals surface area contributed by atoms with Gasteiger partial charge in [0.2, 0.25) is 0 Å². The molecule has 1 aromatic carbocycles. The standard InChI is InChI=1S/C16H16BrClN2/c1-10(20-15-8-14(17)9-19-16(15)18)12-6-5-11-3-2-4-13(11)7-12/h5-10,20H,2-4H2,1H3. The second-order valence-electron chi connectivity index (χ2n) is 5.24. The Labute approximate surface area is 132 Å². The van der Waals surface area contributed by atoms with Crippen LogP contribution in [0.25, 0.3) is 0 Å². The van der Waals surface area contributed by atoms with Crippen LogP contribution in [0.3, 0.4) is 0 Å². The number of halogens is 2. The molecule has 0 radical (unpaired) electrons. The predicted molar refractivity (Wildman–Crippen MR) is 87.5 cm³/mol. The Morgan fingerprint density at radius 1 is 1.25 bits per heavy atom. The molecule has 1 aromatic heterocycles. The van der Waals surface area contributed by atoms with Gasteiger partial charge in [-0.2, -0.15) is 0 Å². The van der Waals surface area contributed by atoms with Crippen molar-refractivity contribution in [2.75, 3.05) is 5.32 Å². The summed E-state index contributed by atoms with van der Waals surface area (Å²) in [5, 5.41) is 3.94. The van der Waals surface area contributed by atoms with E-state index in [9.17, 15) is 0 Å². The second-order valence-corrected chi connectivity index (χ2v) is 6.51. The highest BCUT2D eigenvalue weighted by Gasteiger charge is 2.14. The fourth-order valence-corrected chi connectivity index (χ4v) is 3.19. The van der Waals surface area contributed by atoms with Gasteiger partial charge in [-0.15, -0.1) is 0 Å². The fourth-order valence-electron chi connectivity index (χ4n) is 2.70. The third-order valence-electron chi connectivity index (χ3n) is 3.80. The maximum atomic E-state index is 6.13. The van der Waals surface area contributed by atoms with Gasteiger partial charge >= 0.3 is 0 Å². The Kier molecular flexibility index (Phi) is 3.99. The number of fused-ring (bicyclic) bond motifs is 1. The van der Waals surface area contributed by atoms with E-state index in [2.05, 4.69) is 51.4 Å². The molecular formula is C16H16BrClN2. The number of aryl methyl sites for hydroxylation is 2. The van der Waals surface area contributed by atoms with Crippen molar-refractivity contribution >= 4 is 33.2 Å². The van der Waals surface area contributed by atoms with Crippen LogP contribution in [0, 0.1) is 0 Å². The minimum atomic E-state index is 0.203. The maximum Gasteiger partial charge on any atom is 0.152 e. The van der Waals surface area contributed by atoms with E-state index in [4.69, 9.17) is 11.6 Å². The summed E-state index contributed by atoms with van der Waals surface area (Å²) in [7, 11) is 0. The van der Waals surface area contributed by atoms with E-state index in [1.807, 2.05) is 6.07 Å². The largest absolute Gasteiger partial charge is 0.376 e. The smallest absolute Gasteiger partial charge is 0.152 e. The van der Waals surface area contributed by atoms with Crippen LogP contribution in [-0.2, 0) is 12.8 Å². The number of hydrogen-bond acceptors (Lipinski definition) is 2. The van der Waals surface area contributed by atoms with Crippen molar-refractivity contribution in [2.24, 2.45) is 0 Å². The Bertz CT molecular complexity index is 642. The van der Waals surface area contributed by atoms with Crippen LogP contribution in [0.15, 0.2) is 34.9 Å². The third-order valence-corrected chi connectivity index (χ3v) is 4.54. The molecule has 1 aliphatic rings. The summed E-state index contributed by atoms with van der Waals surface area (Å²) in [6, 6.07) is 8.95. The van der Waals surface area contributed by atoms with Gasteiger partial charge in [-0.05, 0) is 64.9 Å². The average Bonchev–Trinajstić information content (AvgIpc) is 2.90. The van der Waals surface area contributed by atoms with Gasteiger partial charge in [0.05, 0.1) is 5.69 Å². The molecule has 2 aromatic rings. The summed E-state index contributed by atoms with van der Waals surface area (Å²) in [5.74, 6) is 0. The van der Waals surface area contributed by atoms with E-state index in [1.165, 1.54) is 36.0 Å². The molecule has 1 aliphatic carbocycles. The summed E-state index contributed by atoms with van der Waals surface area (Å²) < 4.78 is 0.922. The first-order valence-corrected chi connectivity index (χ1v) is 8.00. The van der Waals surface area contributed by atoms with Crippen molar-refractivity contribution in [3.8, 4) is 0 Å². The van der Waals surface area contributed by atoms with E-state index >= 15 is 0 Å². The highest BCUT2D eigenvalue weighted by molar-refractivity contribution is 9.10. The zero-order valence-electron chi connectivity index (χ0n) is 11.3. The Balaban J connectivity index is 1.82. The normalized spacial score (nSPS) is 14.9. The van der Waals surface area contributed by atoms with Crippen LogP contribution in [0.2, 0.25) is 5.15 Å². The van der Waals surface area contributed by atoms with Gasteiger partial charge in [0.25, 0.3) is 0 Å². The number of nitrogens with zero attached hydrogens (tertiary/aromatic N) is 1. The van der Waals surface area contributed by atoms with Gasteiger partial charge in [0.1, 0.15) is 0 Å². The highest BCUT2D eigenvalue weighted by atomic mass is 79.9. The summed E-state index contributed by atoms with van der Waals surface area (Å²) in [6.45, 7) is 2.15. The molecule has 0 fully saturated rings. The summed E-state index contributed by atoms with van der Waals surface area (Å²) in [4.78, 5) is 4.14. The molecule has 0 saturated heterocycles. The van der Waals surface area contributed by atoms with Crippen molar-refractivity contribution < 1.29 is 0 Å². The molecule has 1 atom stereocenters. The average molecular weight is 352 g/mol. The lowest BCUT2D eigenvalue weighted by atomic mass is 10.0. The summed E-state index contributed by atoms with van der Waals surface area (Å²) >= 11 is 9.55. The Hall–Kier alpha value is -1.06. The fraction of sp³-hybridized carbons (Fsp3) is 0.312. The van der Waals surface area contributed by atoms with Gasteiger partial charge in [-0.1, -0.05) is 29.8 Å². The van der Waals surface area contributed by atoms with Gasteiger partial charge in [0, 0.05) is 16.7 Å². The number of pyridine rings is 1. The first kappa shape index (κ1) is 13.9. The lowest BCUT2D eigenvalue weighted by Gasteiger charge is -2.17. The number of anilines is 1. The first-order valence-electron chi connectivity index (χ1n) is 6.83. The van der Waals surface area contributed by atoms with Gasteiger partial charge in [-0.25, -0.2) is 4.98 Å². The van der Waals surface area contributed by atoms with Crippen molar-refractivity contribution in [1.29, 1.82) is 0 Å². The molecule has 1 heterocycles. The van der Waals surface area contributed by atoms with Crippen LogP contribution in [-0.4, -0.2) is 4.98 Å². The number of benzene rings is 1. The second kappa shape index (κ2) is 5.74. The zero-order chi connectivity index (χ0) is 14.1. The van der Waals surface area contributed by atoms with E-state index in [0.29, 0.717) is 5.15 Å². The number of hydrogen-bond donors (Lipinski definition) is 1. The number of nitrogens with one attached hydrogen (secondary N) is 1. The lowest BCUT2D eigenvalue weighted by molar-refractivity contribution is 0.877. The number of rotatable bonds is 3. The SMILES string of the molecule is CC(Nc1cc(Br)cnc1Cl)c1ccc2c(c1)CCC2. The maximum absolute atomic E-state index is 6.13. The quantitative estimate of drug-likeness (QED) is 0.773. The van der Waals surface area contributed by atoms with Gasteiger partial charge < -0.3 is 5.32 Å². The van der Waals surface area contributed by atoms with Crippen molar-refractivity contribution in [3.63, 3.8) is 0 Å². The van der Waals surface area contributed by atoms with Gasteiger partial charge in [0.15, 0.2) is 5.15 Å². The van der Waals surface area contributed by atoms with Crippen LogP contribution in [0.5, 0.6) is 0 Å². The van der Waals surface area contributed by atoms with Crippen LogP contribution >= 0.6 is 27.5 Å². The van der Waals surface area contributed by atoms with Crippen LogP contribution in [0.4, 0.5) is 5.69 Å². The lowest BCUT2D eigenvalue weighted by Crippen LogP contribution is -2.08. The Morgan fingerprint density at radius 2 is 2.05 bits per heavy atom. The van der Waals surface area contributed by atoms with E-state index < -0.39 is 0 Å². The van der Waals surface area contributed by atoms with E-state index in [1.54, 1.807) is 6.20 Å². The molecule has 0 amide bonds. The van der Waals surface area contributed by atoms with Crippen molar-refractivity contribution in [2.45, 2.75) is 32.2 Å². The van der Waals surface area contributed by atoms with Crippen LogP contribution < -0.4 is 5.32 Å². The summed E-state index contributed by atoms with van der Waals surface area (Å²) in [6.07, 6.45) is 5.41. The topological polar surface area (TPSA) is 24.9 Å². The molecule has 0 spiro atoms. The third kappa shape index (κ3) is 2.84. The number of aromatic nitrogens is 1. The molecule has 0 aliphatic heterocycles. The monoisotopic (exact) mass is 350 g/mol. The van der Waals surface area contributed by atoms with Crippen LogP contribution in [0.1, 0.15) is 36.1 Å². The molecule has 4 heteroatoms. The molecule has 1 N–H and O–H groups in total. The van der Waals surface area contributed by atoms with Crippen molar-refractivity contribution in [1.82, 2.24) is 4.98 Å². The van der Waals surface area contributed by atoms with Gasteiger partial charge in [-0.3, -0.25) is 0 Å². The molecule has 1 unspecified atom stereocenters. The predicted octanol–water partition coefficient (Wildman–Crippen LogP) is 5.16. The molecule has 0 bridgehead atoms. The molecule has 2 nitrogen and oxygen atoms in total. The van der Waals surface area contributed by atoms with Crippen molar-refractivity contribution in [3.05, 3.63) is 56.8 Å². The molecule has 0 saturated carbocycles. The molecule has 3 rings (SSSR count). The minimum absolute atomic E-state index is 0.203. The highest BCUT2D eigenvalue weighted by Crippen LogP contribution is 2.29. The molecule has 20 heavy (non-hydrogen) atoms.